The molecule has 6 nitrogen and oxygen atoms in total. The molecule has 0 aliphatic carbocycles. The molecule has 6 heteroatoms. The van der Waals surface area contributed by atoms with Gasteiger partial charge in [-0.05, 0) is 12.8 Å². The first-order chi connectivity index (χ1) is 8.75. The number of rotatable bonds is 4. The van der Waals surface area contributed by atoms with Crippen LogP contribution in [0.2, 0.25) is 0 Å². The zero-order valence-electron chi connectivity index (χ0n) is 10.9. The van der Waals surface area contributed by atoms with E-state index in [1.54, 1.807) is 4.90 Å². The van der Waals surface area contributed by atoms with Crippen LogP contribution in [0.25, 0.3) is 0 Å². The van der Waals surface area contributed by atoms with Crippen molar-refractivity contribution in [3.05, 3.63) is 0 Å². The number of amides is 2. The number of piperidine rings is 1. The number of carbonyl (C=O) groups excluding carboxylic acids is 1. The number of urea groups is 1. The van der Waals surface area contributed by atoms with Crippen LogP contribution in [0.15, 0.2) is 0 Å². The van der Waals surface area contributed by atoms with Crippen LogP contribution in [0.4, 0.5) is 4.79 Å². The van der Waals surface area contributed by atoms with Gasteiger partial charge in [0.25, 0.3) is 0 Å². The molecule has 0 aromatic rings. The Labute approximate surface area is 108 Å². The fourth-order valence-corrected chi connectivity index (χ4v) is 2.56. The molecule has 18 heavy (non-hydrogen) atoms. The fraction of sp³-hybridized carbons (Fsp3) is 0.917. The highest BCUT2D eigenvalue weighted by atomic mass is 16.5. The van der Waals surface area contributed by atoms with E-state index in [4.69, 9.17) is 10.5 Å². The summed E-state index contributed by atoms with van der Waals surface area (Å²) in [6.45, 7) is 7.47. The molecular formula is C12H24N4O2. The van der Waals surface area contributed by atoms with Crippen molar-refractivity contribution in [2.75, 3.05) is 52.5 Å². The lowest BCUT2D eigenvalue weighted by Gasteiger charge is -2.32. The van der Waals surface area contributed by atoms with Gasteiger partial charge in [0.05, 0.1) is 13.2 Å². The van der Waals surface area contributed by atoms with Crippen LogP contribution in [0.3, 0.4) is 0 Å². The highest BCUT2D eigenvalue weighted by Crippen LogP contribution is 2.09. The molecule has 0 unspecified atom stereocenters. The quantitative estimate of drug-likeness (QED) is 0.708. The number of ether oxygens (including phenoxy) is 1. The van der Waals surface area contributed by atoms with E-state index in [0.29, 0.717) is 6.04 Å². The molecule has 0 atom stereocenters. The SMILES string of the molecule is NC(=O)N1CCC(NCCN2CCOCC2)CC1. The zero-order valence-corrected chi connectivity index (χ0v) is 10.9. The molecule has 0 aromatic carbocycles. The van der Waals surface area contributed by atoms with E-state index in [0.717, 1.165) is 65.3 Å². The fourth-order valence-electron chi connectivity index (χ4n) is 2.56. The van der Waals surface area contributed by atoms with Gasteiger partial charge in [0, 0.05) is 45.3 Å². The van der Waals surface area contributed by atoms with Crippen LogP contribution in [0.5, 0.6) is 0 Å². The lowest BCUT2D eigenvalue weighted by Crippen LogP contribution is -2.48. The Balaban J connectivity index is 1.56. The Hall–Kier alpha value is -0.850. The van der Waals surface area contributed by atoms with Gasteiger partial charge in [0.2, 0.25) is 0 Å². The Morgan fingerprint density at radius 3 is 2.50 bits per heavy atom. The first kappa shape index (κ1) is 13.6. The molecule has 0 aromatic heterocycles. The number of nitrogens with one attached hydrogen (secondary N) is 1. The monoisotopic (exact) mass is 256 g/mol. The molecule has 2 amide bonds. The van der Waals surface area contributed by atoms with Crippen molar-refractivity contribution in [3.8, 4) is 0 Å². The maximum Gasteiger partial charge on any atom is 0.314 e. The van der Waals surface area contributed by atoms with E-state index in [1.807, 2.05) is 0 Å². The molecular weight excluding hydrogens is 232 g/mol. The van der Waals surface area contributed by atoms with Gasteiger partial charge < -0.3 is 20.7 Å². The molecule has 3 N–H and O–H groups in total. The third kappa shape index (κ3) is 4.12. The summed E-state index contributed by atoms with van der Waals surface area (Å²) in [7, 11) is 0. The van der Waals surface area contributed by atoms with Crippen LogP contribution in [-0.4, -0.2) is 74.4 Å². The Morgan fingerprint density at radius 2 is 1.89 bits per heavy atom. The molecule has 2 aliphatic rings. The van der Waals surface area contributed by atoms with Gasteiger partial charge in [-0.3, -0.25) is 4.90 Å². The second-order valence-corrected chi connectivity index (χ2v) is 5.01. The van der Waals surface area contributed by atoms with E-state index in [2.05, 4.69) is 10.2 Å². The number of hydrogen-bond donors (Lipinski definition) is 2. The molecule has 2 fully saturated rings. The van der Waals surface area contributed by atoms with Gasteiger partial charge >= 0.3 is 6.03 Å². The van der Waals surface area contributed by atoms with Crippen molar-refractivity contribution < 1.29 is 9.53 Å². The minimum atomic E-state index is -0.290. The molecule has 0 saturated carbocycles. The van der Waals surface area contributed by atoms with E-state index >= 15 is 0 Å². The Bertz CT molecular complexity index is 261. The predicted molar refractivity (Wildman–Crippen MR) is 69.4 cm³/mol. The lowest BCUT2D eigenvalue weighted by molar-refractivity contribution is 0.0379. The Morgan fingerprint density at radius 1 is 1.22 bits per heavy atom. The number of nitrogens with zero attached hydrogens (tertiary/aromatic N) is 2. The molecule has 2 saturated heterocycles. The van der Waals surface area contributed by atoms with Crippen molar-refractivity contribution in [2.24, 2.45) is 5.73 Å². The molecule has 2 rings (SSSR count). The summed E-state index contributed by atoms with van der Waals surface area (Å²) in [5.41, 5.74) is 5.26. The molecule has 0 radical (unpaired) electrons. The van der Waals surface area contributed by atoms with Gasteiger partial charge in [-0.15, -0.1) is 0 Å². The van der Waals surface area contributed by atoms with Crippen molar-refractivity contribution in [1.82, 2.24) is 15.1 Å². The molecule has 0 bridgehead atoms. The van der Waals surface area contributed by atoms with Crippen LogP contribution in [0, 0.1) is 0 Å². The third-order valence-corrected chi connectivity index (χ3v) is 3.77. The second-order valence-electron chi connectivity index (χ2n) is 5.01. The standard InChI is InChI=1S/C12H24N4O2/c13-12(17)16-4-1-11(2-5-16)14-3-6-15-7-9-18-10-8-15/h11,14H,1-10H2,(H2,13,17). The topological polar surface area (TPSA) is 70.8 Å². The Kier molecular flexibility index (Phi) is 5.22. The highest BCUT2D eigenvalue weighted by Gasteiger charge is 2.20. The lowest BCUT2D eigenvalue weighted by atomic mass is 10.1. The molecule has 0 spiro atoms. The van der Waals surface area contributed by atoms with Gasteiger partial charge in [-0.2, -0.15) is 0 Å². The third-order valence-electron chi connectivity index (χ3n) is 3.77. The van der Waals surface area contributed by atoms with Crippen molar-refractivity contribution in [2.45, 2.75) is 18.9 Å². The molecule has 2 heterocycles. The predicted octanol–water partition coefficient (Wildman–Crippen LogP) is -0.549. The average Bonchev–Trinajstić information content (AvgIpc) is 2.40. The van der Waals surface area contributed by atoms with Crippen LogP contribution >= 0.6 is 0 Å². The van der Waals surface area contributed by atoms with E-state index in [9.17, 15) is 4.79 Å². The van der Waals surface area contributed by atoms with Crippen molar-refractivity contribution >= 4 is 6.03 Å². The summed E-state index contributed by atoms with van der Waals surface area (Å²) < 4.78 is 5.32. The first-order valence-electron chi connectivity index (χ1n) is 6.83. The largest absolute Gasteiger partial charge is 0.379 e. The highest BCUT2D eigenvalue weighted by molar-refractivity contribution is 5.72. The maximum absolute atomic E-state index is 11.0. The van der Waals surface area contributed by atoms with E-state index in [1.165, 1.54) is 0 Å². The van der Waals surface area contributed by atoms with E-state index in [-0.39, 0.29) is 6.03 Å². The minimum absolute atomic E-state index is 0.290. The average molecular weight is 256 g/mol. The second kappa shape index (κ2) is 6.92. The summed E-state index contributed by atoms with van der Waals surface area (Å²) in [6, 6.07) is 0.239. The van der Waals surface area contributed by atoms with Crippen LogP contribution < -0.4 is 11.1 Å². The summed E-state index contributed by atoms with van der Waals surface area (Å²) in [4.78, 5) is 15.1. The van der Waals surface area contributed by atoms with Crippen molar-refractivity contribution in [1.29, 1.82) is 0 Å². The minimum Gasteiger partial charge on any atom is -0.379 e. The van der Waals surface area contributed by atoms with Crippen LogP contribution in [0.1, 0.15) is 12.8 Å². The number of carbonyl (C=O) groups is 1. The number of nitrogens with two attached hydrogens (primary N) is 1. The van der Waals surface area contributed by atoms with Crippen LogP contribution in [-0.2, 0) is 4.74 Å². The summed E-state index contributed by atoms with van der Waals surface area (Å²) >= 11 is 0. The normalized spacial score (nSPS) is 23.2. The first-order valence-corrected chi connectivity index (χ1v) is 6.83. The zero-order chi connectivity index (χ0) is 12.8. The van der Waals surface area contributed by atoms with Gasteiger partial charge in [-0.25, -0.2) is 4.79 Å². The summed E-state index contributed by atoms with van der Waals surface area (Å²) in [5, 5.41) is 3.57. The summed E-state index contributed by atoms with van der Waals surface area (Å²) in [6.07, 6.45) is 2.01. The molecule has 2 aliphatic heterocycles. The number of likely N-dealkylation sites (tertiary alicyclic amines) is 1. The number of morpholine rings is 1. The van der Waals surface area contributed by atoms with Gasteiger partial charge in [-0.1, -0.05) is 0 Å². The van der Waals surface area contributed by atoms with Gasteiger partial charge in [0.1, 0.15) is 0 Å². The van der Waals surface area contributed by atoms with Crippen molar-refractivity contribution in [3.63, 3.8) is 0 Å². The number of primary amides is 1. The van der Waals surface area contributed by atoms with E-state index < -0.39 is 0 Å². The summed E-state index contributed by atoms with van der Waals surface area (Å²) in [5.74, 6) is 0. The smallest absolute Gasteiger partial charge is 0.314 e. The molecule has 104 valence electrons. The number of hydrogen-bond acceptors (Lipinski definition) is 4. The maximum atomic E-state index is 11.0. The van der Waals surface area contributed by atoms with Gasteiger partial charge in [0.15, 0.2) is 0 Å².